The summed E-state index contributed by atoms with van der Waals surface area (Å²) in [6, 6.07) is 0. The summed E-state index contributed by atoms with van der Waals surface area (Å²) in [4.78, 5) is 36.0. The van der Waals surface area contributed by atoms with Crippen LogP contribution >= 0.6 is 0 Å². The zero-order valence-corrected chi connectivity index (χ0v) is 16.2. The molecule has 8 heteroatoms. The van der Waals surface area contributed by atoms with Crippen molar-refractivity contribution in [3.8, 4) is 0 Å². The summed E-state index contributed by atoms with van der Waals surface area (Å²) in [5.41, 5.74) is -2.94. The molecule has 144 valence electrons. The van der Waals surface area contributed by atoms with Crippen LogP contribution in [0.1, 0.15) is 54.9 Å². The van der Waals surface area contributed by atoms with Gasteiger partial charge in [0.05, 0.1) is 6.54 Å². The average Bonchev–Trinajstić information content (AvgIpc) is 2.69. The smallest absolute Gasteiger partial charge is 0.477 e. The molecule has 1 aliphatic rings. The number of carboxylic acids is 1. The second-order valence-corrected chi connectivity index (χ2v) is 8.98. The second kappa shape index (κ2) is 6.48. The van der Waals surface area contributed by atoms with Crippen molar-refractivity contribution in [2.24, 2.45) is 5.92 Å². The van der Waals surface area contributed by atoms with E-state index in [1.54, 1.807) is 41.5 Å². The van der Waals surface area contributed by atoms with E-state index in [0.717, 1.165) is 0 Å². The lowest BCUT2D eigenvalue weighted by Gasteiger charge is -2.48. The summed E-state index contributed by atoms with van der Waals surface area (Å²) >= 11 is 0. The van der Waals surface area contributed by atoms with Gasteiger partial charge in [-0.3, -0.25) is 0 Å². The number of hydrogen-bond donors (Lipinski definition) is 3. The summed E-state index contributed by atoms with van der Waals surface area (Å²) in [5, 5.41) is 22.3. The van der Waals surface area contributed by atoms with Crippen LogP contribution in [0.2, 0.25) is 0 Å². The fraction of sp³-hybridized carbons (Fsp3) is 0.824. The first-order valence-electron chi connectivity index (χ1n) is 8.39. The van der Waals surface area contributed by atoms with E-state index in [0.29, 0.717) is 0 Å². The van der Waals surface area contributed by atoms with Crippen LogP contribution < -0.4 is 5.32 Å². The number of aliphatic carboxylic acids is 1. The molecular weight excluding hydrogens is 328 g/mol. The van der Waals surface area contributed by atoms with E-state index in [-0.39, 0.29) is 25.4 Å². The Bertz CT molecular complexity index is 562. The molecule has 1 unspecified atom stereocenters. The van der Waals surface area contributed by atoms with E-state index >= 15 is 0 Å². The molecule has 0 aliphatic carbocycles. The number of carboxylic acid groups (broad SMARTS) is 2. The standard InChI is InChI=1S/C17H30N2O6/c1-15(2,3)19(14(23)24)10-11(8-17(19,7)12(20)21)9-18-13(22)25-16(4,5)6/h11H,8-10H2,1-7H3,(H2-,18,20,21,22,23,24)/p+1/t11-,17+,19?/m1/s1. The quantitative estimate of drug-likeness (QED) is 0.668. The third kappa shape index (κ3) is 3.89. The second-order valence-electron chi connectivity index (χ2n) is 8.98. The van der Waals surface area contributed by atoms with Crippen molar-refractivity contribution in [3.05, 3.63) is 0 Å². The molecule has 0 spiro atoms. The summed E-state index contributed by atoms with van der Waals surface area (Å²) in [6.45, 7) is 12.2. The van der Waals surface area contributed by atoms with Gasteiger partial charge >= 0.3 is 18.2 Å². The molecule has 1 heterocycles. The van der Waals surface area contributed by atoms with Crippen molar-refractivity contribution < 1.29 is 33.8 Å². The van der Waals surface area contributed by atoms with Crippen molar-refractivity contribution >= 4 is 18.2 Å². The van der Waals surface area contributed by atoms with Crippen LogP contribution in [-0.2, 0) is 9.53 Å². The van der Waals surface area contributed by atoms with Gasteiger partial charge in [-0.05, 0) is 41.5 Å². The Morgan fingerprint density at radius 3 is 2.00 bits per heavy atom. The first-order valence-corrected chi connectivity index (χ1v) is 8.39. The van der Waals surface area contributed by atoms with Crippen LogP contribution in [-0.4, -0.2) is 62.6 Å². The molecule has 0 aromatic heterocycles. The molecule has 3 N–H and O–H groups in total. The molecule has 0 bridgehead atoms. The number of quaternary nitrogens is 1. The lowest BCUT2D eigenvalue weighted by molar-refractivity contribution is -0.929. The van der Waals surface area contributed by atoms with Crippen molar-refractivity contribution in [2.75, 3.05) is 13.1 Å². The maximum atomic E-state index is 12.2. The van der Waals surface area contributed by atoms with Gasteiger partial charge in [0, 0.05) is 25.8 Å². The number of carbonyl (C=O) groups excluding carboxylic acids is 1. The molecule has 8 nitrogen and oxygen atoms in total. The number of nitrogens with one attached hydrogen (secondary N) is 1. The normalized spacial score (nSPS) is 30.0. The van der Waals surface area contributed by atoms with Gasteiger partial charge in [-0.1, -0.05) is 0 Å². The van der Waals surface area contributed by atoms with Crippen molar-refractivity contribution in [1.29, 1.82) is 0 Å². The third-order valence-corrected chi connectivity index (χ3v) is 4.93. The maximum Gasteiger partial charge on any atom is 0.514 e. The SMILES string of the molecule is CC(C)(C)OC(=O)NC[C@H]1C[C@@](C)(C(=O)O)[N+](C(=O)O)(C(C)(C)C)C1. The highest BCUT2D eigenvalue weighted by atomic mass is 16.6. The van der Waals surface area contributed by atoms with Gasteiger partial charge in [-0.2, -0.15) is 4.79 Å². The van der Waals surface area contributed by atoms with E-state index in [4.69, 9.17) is 4.74 Å². The van der Waals surface area contributed by atoms with Gasteiger partial charge in [0.1, 0.15) is 11.1 Å². The van der Waals surface area contributed by atoms with Gasteiger partial charge in [-0.25, -0.2) is 14.1 Å². The lowest BCUT2D eigenvalue weighted by atomic mass is 9.89. The predicted molar refractivity (Wildman–Crippen MR) is 91.3 cm³/mol. The minimum absolute atomic E-state index is 0.122. The Morgan fingerprint density at radius 2 is 1.68 bits per heavy atom. The zero-order valence-electron chi connectivity index (χ0n) is 16.2. The number of hydrogen-bond acceptors (Lipinski definition) is 4. The van der Waals surface area contributed by atoms with Crippen LogP contribution in [0.5, 0.6) is 0 Å². The van der Waals surface area contributed by atoms with Crippen molar-refractivity contribution in [3.63, 3.8) is 0 Å². The molecule has 25 heavy (non-hydrogen) atoms. The van der Waals surface area contributed by atoms with Gasteiger partial charge < -0.3 is 20.3 Å². The highest BCUT2D eigenvalue weighted by Crippen LogP contribution is 2.46. The van der Waals surface area contributed by atoms with Gasteiger partial charge in [0.25, 0.3) is 0 Å². The maximum absolute atomic E-state index is 12.2. The van der Waals surface area contributed by atoms with Crippen LogP contribution in [0, 0.1) is 5.92 Å². The van der Waals surface area contributed by atoms with E-state index < -0.39 is 39.3 Å². The van der Waals surface area contributed by atoms with Gasteiger partial charge in [0.15, 0.2) is 0 Å². The highest BCUT2D eigenvalue weighted by molar-refractivity contribution is 5.80. The fourth-order valence-electron chi connectivity index (χ4n) is 3.89. The Balaban J connectivity index is 3.05. The molecule has 1 saturated heterocycles. The summed E-state index contributed by atoms with van der Waals surface area (Å²) in [5.74, 6) is -1.44. The minimum atomic E-state index is -1.48. The zero-order chi connectivity index (χ0) is 19.8. The first kappa shape index (κ1) is 21.2. The number of likely N-dealkylation sites (tertiary alicyclic amines) is 1. The third-order valence-electron chi connectivity index (χ3n) is 4.93. The number of carbonyl (C=O) groups is 3. The van der Waals surface area contributed by atoms with Crippen molar-refractivity contribution in [1.82, 2.24) is 5.32 Å². The minimum Gasteiger partial charge on any atom is -0.477 e. The van der Waals surface area contributed by atoms with Crippen LogP contribution in [0.4, 0.5) is 9.59 Å². The largest absolute Gasteiger partial charge is 0.514 e. The monoisotopic (exact) mass is 359 g/mol. The van der Waals surface area contributed by atoms with E-state index in [1.165, 1.54) is 6.92 Å². The van der Waals surface area contributed by atoms with Crippen LogP contribution in [0.3, 0.4) is 0 Å². The van der Waals surface area contributed by atoms with E-state index in [2.05, 4.69) is 5.32 Å². The fourth-order valence-corrected chi connectivity index (χ4v) is 3.89. The molecule has 0 aromatic carbocycles. The Hall–Kier alpha value is -1.83. The lowest BCUT2D eigenvalue weighted by Crippen LogP contribution is -2.73. The van der Waals surface area contributed by atoms with Crippen molar-refractivity contribution in [2.45, 2.75) is 71.6 Å². The molecule has 1 fully saturated rings. The summed E-state index contributed by atoms with van der Waals surface area (Å²) < 4.78 is 4.59. The molecule has 0 saturated carbocycles. The van der Waals surface area contributed by atoms with Crippen LogP contribution in [0.25, 0.3) is 0 Å². The van der Waals surface area contributed by atoms with E-state index in [1.807, 2.05) is 0 Å². The van der Waals surface area contributed by atoms with Crippen LogP contribution in [0.15, 0.2) is 0 Å². The number of alkyl carbamates (subject to hydrolysis) is 1. The molecule has 0 radical (unpaired) electrons. The average molecular weight is 359 g/mol. The number of rotatable bonds is 3. The topological polar surface area (TPSA) is 113 Å². The highest BCUT2D eigenvalue weighted by Gasteiger charge is 2.69. The molecule has 1 aliphatic heterocycles. The van der Waals surface area contributed by atoms with Gasteiger partial charge in [0.2, 0.25) is 5.54 Å². The Kier molecular flexibility index (Phi) is 5.49. The Morgan fingerprint density at radius 1 is 1.16 bits per heavy atom. The molecule has 1 rings (SSSR count). The first-order chi connectivity index (χ1) is 11.1. The molecule has 2 amide bonds. The summed E-state index contributed by atoms with van der Waals surface area (Å²) in [7, 11) is 0. The number of ether oxygens (including phenoxy) is 1. The number of nitrogens with zero attached hydrogens (tertiary/aromatic N) is 1. The Labute approximate surface area is 148 Å². The predicted octanol–water partition coefficient (Wildman–Crippen LogP) is 2.67. The van der Waals surface area contributed by atoms with E-state index in [9.17, 15) is 24.6 Å². The molecular formula is C17H31N2O6+. The number of amides is 2. The van der Waals surface area contributed by atoms with Gasteiger partial charge in [-0.15, -0.1) is 0 Å². The molecule has 0 aromatic rings. The summed E-state index contributed by atoms with van der Waals surface area (Å²) in [6.07, 6.45) is -1.61. The molecule has 3 atom stereocenters.